The fourth-order valence-corrected chi connectivity index (χ4v) is 3.08. The Morgan fingerprint density at radius 2 is 2.26 bits per heavy atom. The van der Waals surface area contributed by atoms with Gasteiger partial charge >= 0.3 is 0 Å². The van der Waals surface area contributed by atoms with Gasteiger partial charge in [0, 0.05) is 24.5 Å². The van der Waals surface area contributed by atoms with Crippen molar-refractivity contribution >= 4 is 23.2 Å². The standard InChI is InChI=1S/C13H19N3O2S/c1-4-9-11(18)16(7-5-10(17)15-9)13(2,3)12-14-6-8-19-12/h6,8-9H,4-5,7H2,1-3H3,(H,15,17). The molecule has 2 rings (SSSR count). The summed E-state index contributed by atoms with van der Waals surface area (Å²) in [5, 5.41) is 5.57. The molecule has 1 aliphatic heterocycles. The second-order valence-electron chi connectivity index (χ2n) is 5.16. The van der Waals surface area contributed by atoms with Crippen molar-refractivity contribution < 1.29 is 9.59 Å². The average Bonchev–Trinajstić information content (AvgIpc) is 2.85. The molecule has 0 spiro atoms. The predicted molar refractivity (Wildman–Crippen MR) is 73.7 cm³/mol. The van der Waals surface area contributed by atoms with E-state index in [0.29, 0.717) is 19.4 Å². The number of hydrogen-bond acceptors (Lipinski definition) is 4. The second-order valence-corrected chi connectivity index (χ2v) is 6.06. The van der Waals surface area contributed by atoms with Gasteiger partial charge in [0.25, 0.3) is 0 Å². The zero-order valence-corrected chi connectivity index (χ0v) is 12.3. The zero-order chi connectivity index (χ0) is 14.0. The monoisotopic (exact) mass is 281 g/mol. The fraction of sp³-hybridized carbons (Fsp3) is 0.615. The minimum atomic E-state index is -0.481. The average molecular weight is 281 g/mol. The van der Waals surface area contributed by atoms with E-state index >= 15 is 0 Å². The van der Waals surface area contributed by atoms with Crippen molar-refractivity contribution in [1.29, 1.82) is 0 Å². The molecule has 1 aromatic heterocycles. The number of rotatable bonds is 3. The molecule has 1 saturated heterocycles. The molecule has 1 unspecified atom stereocenters. The first-order chi connectivity index (χ1) is 8.96. The third kappa shape index (κ3) is 2.63. The number of nitrogens with one attached hydrogen (secondary N) is 1. The molecule has 104 valence electrons. The lowest BCUT2D eigenvalue weighted by molar-refractivity contribution is -0.138. The smallest absolute Gasteiger partial charge is 0.245 e. The number of aromatic nitrogens is 1. The van der Waals surface area contributed by atoms with Crippen molar-refractivity contribution in [3.63, 3.8) is 0 Å². The van der Waals surface area contributed by atoms with Gasteiger partial charge in [0.2, 0.25) is 11.8 Å². The van der Waals surface area contributed by atoms with Crippen molar-refractivity contribution in [1.82, 2.24) is 15.2 Å². The number of thiazole rings is 1. The van der Waals surface area contributed by atoms with Crippen LogP contribution in [0.5, 0.6) is 0 Å². The van der Waals surface area contributed by atoms with Gasteiger partial charge in [0.05, 0.1) is 5.54 Å². The Morgan fingerprint density at radius 3 is 2.84 bits per heavy atom. The van der Waals surface area contributed by atoms with Crippen molar-refractivity contribution in [2.45, 2.75) is 45.2 Å². The maximum atomic E-state index is 12.6. The van der Waals surface area contributed by atoms with Gasteiger partial charge in [-0.1, -0.05) is 6.92 Å². The lowest BCUT2D eigenvalue weighted by Gasteiger charge is -2.37. The molecule has 0 radical (unpaired) electrons. The van der Waals surface area contributed by atoms with E-state index in [4.69, 9.17) is 0 Å². The Labute approximate surface area is 117 Å². The summed E-state index contributed by atoms with van der Waals surface area (Å²) in [7, 11) is 0. The Bertz CT molecular complexity index is 470. The third-order valence-electron chi connectivity index (χ3n) is 3.50. The zero-order valence-electron chi connectivity index (χ0n) is 11.5. The Hall–Kier alpha value is -1.43. The molecule has 0 aromatic carbocycles. The number of carbonyl (C=O) groups excluding carboxylic acids is 2. The van der Waals surface area contributed by atoms with Crippen LogP contribution in [0.3, 0.4) is 0 Å². The number of hydrogen-bond donors (Lipinski definition) is 1. The van der Waals surface area contributed by atoms with Crippen LogP contribution >= 0.6 is 11.3 Å². The highest BCUT2D eigenvalue weighted by atomic mass is 32.1. The molecule has 0 saturated carbocycles. The van der Waals surface area contributed by atoms with Gasteiger partial charge in [-0.2, -0.15) is 0 Å². The number of carbonyl (C=O) groups is 2. The summed E-state index contributed by atoms with van der Waals surface area (Å²) in [4.78, 5) is 30.3. The van der Waals surface area contributed by atoms with Crippen molar-refractivity contribution in [2.75, 3.05) is 6.54 Å². The molecule has 19 heavy (non-hydrogen) atoms. The summed E-state index contributed by atoms with van der Waals surface area (Å²) in [5.74, 6) is -0.0776. The highest BCUT2D eigenvalue weighted by Crippen LogP contribution is 2.31. The molecule has 5 nitrogen and oxygen atoms in total. The van der Waals surface area contributed by atoms with E-state index in [1.807, 2.05) is 26.2 Å². The van der Waals surface area contributed by atoms with Gasteiger partial charge in [-0.05, 0) is 20.3 Å². The molecule has 0 aliphatic carbocycles. The molecule has 2 amide bonds. The van der Waals surface area contributed by atoms with Gasteiger partial charge in [-0.25, -0.2) is 4.98 Å². The molecule has 1 aromatic rings. The molecule has 2 heterocycles. The maximum Gasteiger partial charge on any atom is 0.245 e. The van der Waals surface area contributed by atoms with E-state index in [0.717, 1.165) is 5.01 Å². The summed E-state index contributed by atoms with van der Waals surface area (Å²) in [6.45, 7) is 6.30. The Balaban J connectivity index is 2.31. The molecular formula is C13H19N3O2S. The van der Waals surface area contributed by atoms with E-state index < -0.39 is 11.6 Å². The van der Waals surface area contributed by atoms with Crippen molar-refractivity contribution in [2.24, 2.45) is 0 Å². The highest BCUT2D eigenvalue weighted by molar-refractivity contribution is 7.09. The van der Waals surface area contributed by atoms with Crippen molar-refractivity contribution in [3.8, 4) is 0 Å². The SMILES string of the molecule is CCC1NC(=O)CCN(C(C)(C)c2nccs2)C1=O. The molecule has 0 bridgehead atoms. The van der Waals surface area contributed by atoms with Crippen LogP contribution < -0.4 is 5.32 Å². The first-order valence-electron chi connectivity index (χ1n) is 6.47. The minimum Gasteiger partial charge on any atom is -0.344 e. The van der Waals surface area contributed by atoms with Crippen molar-refractivity contribution in [3.05, 3.63) is 16.6 Å². The number of nitrogens with zero attached hydrogens (tertiary/aromatic N) is 2. The quantitative estimate of drug-likeness (QED) is 0.913. The topological polar surface area (TPSA) is 62.3 Å². The molecule has 1 atom stereocenters. The van der Waals surface area contributed by atoms with Crippen LogP contribution in [0.2, 0.25) is 0 Å². The minimum absolute atomic E-state index is 0.0199. The van der Waals surface area contributed by atoms with E-state index in [1.165, 1.54) is 11.3 Å². The van der Waals surface area contributed by atoms with Crippen LogP contribution in [0.25, 0.3) is 0 Å². The summed E-state index contributed by atoms with van der Waals surface area (Å²) >= 11 is 1.53. The molecule has 1 fully saturated rings. The van der Waals surface area contributed by atoms with Gasteiger partial charge in [0.15, 0.2) is 0 Å². The highest BCUT2D eigenvalue weighted by Gasteiger charge is 2.39. The van der Waals surface area contributed by atoms with Gasteiger partial charge in [-0.15, -0.1) is 11.3 Å². The van der Waals surface area contributed by atoms with Crippen LogP contribution in [-0.4, -0.2) is 34.3 Å². The Kier molecular flexibility index (Phi) is 3.89. The van der Waals surface area contributed by atoms with E-state index in [-0.39, 0.29) is 11.8 Å². The van der Waals surface area contributed by atoms with Crippen LogP contribution in [-0.2, 0) is 15.1 Å². The summed E-state index contributed by atoms with van der Waals surface area (Å²) in [6.07, 6.45) is 2.69. The first kappa shape index (κ1) is 14.0. The van der Waals surface area contributed by atoms with E-state index in [9.17, 15) is 9.59 Å². The van der Waals surface area contributed by atoms with Crippen LogP contribution in [0.1, 0.15) is 38.6 Å². The maximum absolute atomic E-state index is 12.6. The molecule has 1 aliphatic rings. The van der Waals surface area contributed by atoms with E-state index in [2.05, 4.69) is 10.3 Å². The van der Waals surface area contributed by atoms with Crippen LogP contribution in [0, 0.1) is 0 Å². The molecule has 1 N–H and O–H groups in total. The lowest BCUT2D eigenvalue weighted by Crippen LogP contribution is -2.51. The molecular weight excluding hydrogens is 262 g/mol. The molecule has 6 heteroatoms. The van der Waals surface area contributed by atoms with Crippen LogP contribution in [0.15, 0.2) is 11.6 Å². The van der Waals surface area contributed by atoms with Crippen LogP contribution in [0.4, 0.5) is 0 Å². The van der Waals surface area contributed by atoms with Gasteiger partial charge in [-0.3, -0.25) is 9.59 Å². The first-order valence-corrected chi connectivity index (χ1v) is 7.35. The summed E-state index contributed by atoms with van der Waals surface area (Å²) < 4.78 is 0. The largest absolute Gasteiger partial charge is 0.344 e. The van der Waals surface area contributed by atoms with E-state index in [1.54, 1.807) is 11.1 Å². The summed E-state index contributed by atoms with van der Waals surface area (Å²) in [6, 6.07) is -0.422. The normalized spacial score (nSPS) is 21.2. The Morgan fingerprint density at radius 1 is 1.53 bits per heavy atom. The third-order valence-corrected chi connectivity index (χ3v) is 4.59. The second kappa shape index (κ2) is 5.28. The van der Waals surface area contributed by atoms with Gasteiger partial charge < -0.3 is 10.2 Å². The predicted octanol–water partition coefficient (Wildman–Crippen LogP) is 1.51. The number of amides is 2. The fourth-order valence-electron chi connectivity index (χ4n) is 2.31. The summed E-state index contributed by atoms with van der Waals surface area (Å²) in [5.41, 5.74) is -0.481. The van der Waals surface area contributed by atoms with Gasteiger partial charge in [0.1, 0.15) is 11.0 Å². The lowest BCUT2D eigenvalue weighted by atomic mass is 10.0.